The maximum Gasteiger partial charge on any atom is 0.347 e. The summed E-state index contributed by atoms with van der Waals surface area (Å²) in [6.45, 7) is 3.98. The van der Waals surface area contributed by atoms with Crippen LogP contribution in [-0.2, 0) is 6.54 Å². The van der Waals surface area contributed by atoms with Gasteiger partial charge in [-0.1, -0.05) is 35.9 Å². The van der Waals surface area contributed by atoms with E-state index in [0.717, 1.165) is 47.6 Å². The maximum atomic E-state index is 12.8. The summed E-state index contributed by atoms with van der Waals surface area (Å²) in [6.07, 6.45) is 0. The minimum atomic E-state index is -0.468. The van der Waals surface area contributed by atoms with E-state index in [1.54, 1.807) is 18.2 Å². The molecule has 0 unspecified atom stereocenters. The van der Waals surface area contributed by atoms with Gasteiger partial charge in [-0.05, 0) is 36.4 Å². The minimum Gasteiger partial charge on any atom is -0.508 e. The number of hydrogen-bond donors (Lipinski definition) is 1. The predicted octanol–water partition coefficient (Wildman–Crippen LogP) is 5.15. The molecule has 7 nitrogen and oxygen atoms in total. The Bertz CT molecular complexity index is 1610. The van der Waals surface area contributed by atoms with Gasteiger partial charge >= 0.3 is 5.63 Å². The van der Waals surface area contributed by atoms with Crippen molar-refractivity contribution in [2.24, 2.45) is 0 Å². The Morgan fingerprint density at radius 2 is 1.83 bits per heavy atom. The predicted molar refractivity (Wildman–Crippen MR) is 139 cm³/mol. The molecule has 1 saturated heterocycles. The minimum absolute atomic E-state index is 0.312. The van der Waals surface area contributed by atoms with E-state index in [1.807, 2.05) is 42.5 Å². The average molecular weight is 505 g/mol. The number of benzene rings is 2. The highest BCUT2D eigenvalue weighted by Crippen LogP contribution is 2.33. The lowest BCUT2D eigenvalue weighted by Crippen LogP contribution is -2.46. The molecular formula is C26H21ClN4O3S. The highest BCUT2D eigenvalue weighted by molar-refractivity contribution is 7.21. The molecule has 6 rings (SSSR count). The van der Waals surface area contributed by atoms with E-state index >= 15 is 0 Å². The fraction of sp³-hybridized carbons (Fsp3) is 0.192. The summed E-state index contributed by atoms with van der Waals surface area (Å²) in [5, 5.41) is 11.9. The van der Waals surface area contributed by atoms with Gasteiger partial charge in [0.05, 0.1) is 15.3 Å². The summed E-state index contributed by atoms with van der Waals surface area (Å²) < 4.78 is 6.54. The number of aromatic nitrogens is 2. The zero-order valence-electron chi connectivity index (χ0n) is 18.6. The van der Waals surface area contributed by atoms with E-state index in [9.17, 15) is 9.90 Å². The molecule has 5 aromatic rings. The van der Waals surface area contributed by atoms with E-state index in [1.165, 1.54) is 11.3 Å². The van der Waals surface area contributed by atoms with Crippen molar-refractivity contribution in [3.05, 3.63) is 81.7 Å². The van der Waals surface area contributed by atoms with Gasteiger partial charge in [0, 0.05) is 43.7 Å². The first kappa shape index (κ1) is 22.0. The summed E-state index contributed by atoms with van der Waals surface area (Å²) in [5.41, 5.74) is 1.86. The van der Waals surface area contributed by atoms with Crippen molar-refractivity contribution in [2.45, 2.75) is 6.54 Å². The molecule has 1 fully saturated rings. The molecule has 0 radical (unpaired) electrons. The summed E-state index contributed by atoms with van der Waals surface area (Å²) in [6, 6.07) is 18.7. The van der Waals surface area contributed by atoms with Crippen LogP contribution in [0.5, 0.6) is 5.75 Å². The zero-order chi connectivity index (χ0) is 23.9. The van der Waals surface area contributed by atoms with Crippen LogP contribution in [-0.4, -0.2) is 46.2 Å². The van der Waals surface area contributed by atoms with Gasteiger partial charge in [-0.15, -0.1) is 11.3 Å². The van der Waals surface area contributed by atoms with Crippen LogP contribution in [0.25, 0.3) is 31.9 Å². The van der Waals surface area contributed by atoms with Gasteiger partial charge in [-0.25, -0.2) is 9.78 Å². The number of rotatable bonds is 4. The van der Waals surface area contributed by atoms with Gasteiger partial charge < -0.3 is 14.4 Å². The molecule has 35 heavy (non-hydrogen) atoms. The van der Waals surface area contributed by atoms with E-state index in [-0.39, 0.29) is 0 Å². The van der Waals surface area contributed by atoms with E-state index in [2.05, 4.69) is 19.8 Å². The number of hydrogen-bond acceptors (Lipinski definition) is 8. The summed E-state index contributed by atoms with van der Waals surface area (Å²) >= 11 is 7.66. The molecule has 0 amide bonds. The Labute approximate surface area is 209 Å². The van der Waals surface area contributed by atoms with Gasteiger partial charge in [0.15, 0.2) is 0 Å². The lowest BCUT2D eigenvalue weighted by atomic mass is 10.1. The third-order valence-electron chi connectivity index (χ3n) is 6.27. The molecular weight excluding hydrogens is 484 g/mol. The maximum absolute atomic E-state index is 12.8. The van der Waals surface area contributed by atoms with Crippen LogP contribution in [0.15, 0.2) is 69.9 Å². The molecule has 176 valence electrons. The quantitative estimate of drug-likeness (QED) is 0.362. The number of piperazine rings is 1. The number of fused-ring (bicyclic) bond motifs is 2. The van der Waals surface area contributed by atoms with Crippen molar-refractivity contribution in [1.82, 2.24) is 14.9 Å². The Morgan fingerprint density at radius 1 is 1.00 bits per heavy atom. The number of para-hydroxylation sites is 2. The van der Waals surface area contributed by atoms with Crippen LogP contribution in [0, 0.1) is 0 Å². The highest BCUT2D eigenvalue weighted by Gasteiger charge is 2.20. The van der Waals surface area contributed by atoms with Gasteiger partial charge in [0.25, 0.3) is 0 Å². The second kappa shape index (κ2) is 8.96. The number of thiazole rings is 1. The Kier molecular flexibility index (Phi) is 5.64. The second-order valence-electron chi connectivity index (χ2n) is 8.51. The Morgan fingerprint density at radius 3 is 2.63 bits per heavy atom. The van der Waals surface area contributed by atoms with Gasteiger partial charge in [0.1, 0.15) is 22.1 Å². The fourth-order valence-corrected chi connectivity index (χ4v) is 5.64. The normalized spacial score (nSPS) is 14.7. The van der Waals surface area contributed by atoms with Crippen LogP contribution in [0.2, 0.25) is 5.02 Å². The van der Waals surface area contributed by atoms with E-state index < -0.39 is 5.63 Å². The molecule has 1 N–H and O–H groups in total. The zero-order valence-corrected chi connectivity index (χ0v) is 20.2. The van der Waals surface area contributed by atoms with E-state index in [4.69, 9.17) is 16.0 Å². The van der Waals surface area contributed by atoms with Crippen molar-refractivity contribution in [3.63, 3.8) is 0 Å². The number of anilines is 1. The molecule has 0 bridgehead atoms. The monoisotopic (exact) mass is 504 g/mol. The standard InChI is InChI=1S/C26H21ClN4O3S/c27-19-5-3-7-21-23(19)29-25(35-21)18-14-16-8-9-22(28-24(16)34-26(18)33)31-12-10-30(11-13-31)15-17-4-1-2-6-20(17)32/h1-9,14,32H,10-13,15H2. The van der Waals surface area contributed by atoms with Crippen molar-refractivity contribution < 1.29 is 9.52 Å². The van der Waals surface area contributed by atoms with Crippen molar-refractivity contribution in [3.8, 4) is 16.3 Å². The van der Waals surface area contributed by atoms with Crippen LogP contribution in [0.4, 0.5) is 5.82 Å². The largest absolute Gasteiger partial charge is 0.508 e. The summed E-state index contributed by atoms with van der Waals surface area (Å²) in [4.78, 5) is 26.5. The van der Waals surface area contributed by atoms with Crippen LogP contribution in [0.3, 0.4) is 0 Å². The molecule has 1 aliphatic heterocycles. The molecule has 0 spiro atoms. The molecule has 0 atom stereocenters. The highest BCUT2D eigenvalue weighted by atomic mass is 35.5. The SMILES string of the molecule is O=c1oc2nc(N3CCN(Cc4ccccc4O)CC3)ccc2cc1-c1nc2c(Cl)cccc2s1. The number of phenolic OH excluding ortho intramolecular Hbond substituents is 1. The second-order valence-corrected chi connectivity index (χ2v) is 9.95. The molecule has 3 aromatic heterocycles. The number of aromatic hydroxyl groups is 1. The topological polar surface area (TPSA) is 82.7 Å². The van der Waals surface area contributed by atoms with Crippen LogP contribution in [0.1, 0.15) is 5.56 Å². The van der Waals surface area contributed by atoms with E-state index in [0.29, 0.717) is 39.1 Å². The molecule has 0 saturated carbocycles. The van der Waals surface area contributed by atoms with Crippen molar-refractivity contribution in [1.29, 1.82) is 0 Å². The van der Waals surface area contributed by atoms with Gasteiger partial charge in [0.2, 0.25) is 5.71 Å². The average Bonchev–Trinajstić information content (AvgIpc) is 3.31. The van der Waals surface area contributed by atoms with Crippen molar-refractivity contribution in [2.75, 3.05) is 31.1 Å². The summed E-state index contributed by atoms with van der Waals surface area (Å²) in [5.74, 6) is 1.11. The van der Waals surface area contributed by atoms with Crippen LogP contribution >= 0.6 is 22.9 Å². The first-order chi connectivity index (χ1) is 17.0. The first-order valence-corrected chi connectivity index (χ1v) is 12.5. The fourth-order valence-electron chi connectivity index (χ4n) is 4.37. The third-order valence-corrected chi connectivity index (χ3v) is 7.63. The number of halogens is 1. The molecule has 9 heteroatoms. The molecule has 4 heterocycles. The number of pyridine rings is 1. The van der Waals surface area contributed by atoms with Crippen molar-refractivity contribution >= 4 is 50.1 Å². The lowest BCUT2D eigenvalue weighted by Gasteiger charge is -2.35. The lowest BCUT2D eigenvalue weighted by molar-refractivity contribution is 0.246. The molecule has 1 aliphatic rings. The number of nitrogens with zero attached hydrogens (tertiary/aromatic N) is 4. The van der Waals surface area contributed by atoms with Crippen LogP contribution < -0.4 is 10.5 Å². The summed E-state index contributed by atoms with van der Waals surface area (Å²) in [7, 11) is 0. The first-order valence-electron chi connectivity index (χ1n) is 11.3. The third kappa shape index (κ3) is 4.25. The Balaban J connectivity index is 1.22. The molecule has 0 aliphatic carbocycles. The van der Waals surface area contributed by atoms with Gasteiger partial charge in [-0.2, -0.15) is 4.98 Å². The number of phenols is 1. The Hall–Kier alpha value is -3.46. The van der Waals surface area contributed by atoms with Gasteiger partial charge in [-0.3, -0.25) is 4.90 Å². The smallest absolute Gasteiger partial charge is 0.347 e. The molecule has 2 aromatic carbocycles.